The predicted octanol–water partition coefficient (Wildman–Crippen LogP) is 2.98. The molecule has 1 saturated carbocycles. The summed E-state index contributed by atoms with van der Waals surface area (Å²) in [6.45, 7) is 5.56. The Kier molecular flexibility index (Phi) is 3.61. The quantitative estimate of drug-likeness (QED) is 0.801. The number of nitrogens with two attached hydrogens (primary N) is 1. The monoisotopic (exact) mass is 249 g/mol. The van der Waals surface area contributed by atoms with E-state index in [2.05, 4.69) is 47.4 Å². The summed E-state index contributed by atoms with van der Waals surface area (Å²) in [6.07, 6.45) is 5.02. The molecule has 1 unspecified atom stereocenters. The molecule has 2 heteroatoms. The number of rotatable bonds is 2. The summed E-state index contributed by atoms with van der Waals surface area (Å²) in [4.78, 5) is 0. The van der Waals surface area contributed by atoms with E-state index in [0.717, 1.165) is 6.54 Å². The van der Waals surface area contributed by atoms with Crippen LogP contribution in [0.2, 0.25) is 0 Å². The lowest BCUT2D eigenvalue weighted by Crippen LogP contribution is -2.38. The van der Waals surface area contributed by atoms with Crippen LogP contribution in [-0.2, 0) is 5.41 Å². The van der Waals surface area contributed by atoms with Crippen molar-refractivity contribution >= 4 is 14.5 Å². The van der Waals surface area contributed by atoms with Gasteiger partial charge in [0.1, 0.15) is 0 Å². The first-order chi connectivity index (χ1) is 7.97. The fourth-order valence-electron chi connectivity index (χ4n) is 2.81. The molecule has 0 aromatic heterocycles. The summed E-state index contributed by atoms with van der Waals surface area (Å²) < 4.78 is 0. The summed E-state index contributed by atoms with van der Waals surface area (Å²) in [6, 6.07) is 8.90. The molecule has 1 aliphatic carbocycles. The zero-order valence-electron chi connectivity index (χ0n) is 11.0. The van der Waals surface area contributed by atoms with Gasteiger partial charge in [-0.15, -0.1) is 9.24 Å². The van der Waals surface area contributed by atoms with Gasteiger partial charge >= 0.3 is 0 Å². The first-order valence-electron chi connectivity index (χ1n) is 6.54. The van der Waals surface area contributed by atoms with Crippen molar-refractivity contribution < 1.29 is 0 Å². The Bertz CT molecular complexity index is 392. The van der Waals surface area contributed by atoms with Crippen LogP contribution in [0.3, 0.4) is 0 Å². The van der Waals surface area contributed by atoms with Gasteiger partial charge in [-0.25, -0.2) is 0 Å². The van der Waals surface area contributed by atoms with Crippen LogP contribution in [0.5, 0.6) is 0 Å². The van der Waals surface area contributed by atoms with Crippen LogP contribution >= 0.6 is 9.24 Å². The van der Waals surface area contributed by atoms with Crippen molar-refractivity contribution in [3.05, 3.63) is 29.8 Å². The number of hydrogen-bond acceptors (Lipinski definition) is 1. The molecule has 1 atom stereocenters. The summed E-state index contributed by atoms with van der Waals surface area (Å²) in [5.41, 5.74) is 8.10. The van der Waals surface area contributed by atoms with E-state index in [9.17, 15) is 0 Å². The van der Waals surface area contributed by atoms with E-state index in [1.807, 2.05) is 0 Å². The molecule has 0 radical (unpaired) electrons. The van der Waals surface area contributed by atoms with Crippen LogP contribution in [-0.4, -0.2) is 6.54 Å². The third-order valence-electron chi connectivity index (χ3n) is 4.64. The topological polar surface area (TPSA) is 26.0 Å². The lowest BCUT2D eigenvalue weighted by atomic mass is 9.63. The summed E-state index contributed by atoms with van der Waals surface area (Å²) in [7, 11) is 2.80. The maximum absolute atomic E-state index is 5.89. The van der Waals surface area contributed by atoms with Gasteiger partial charge in [-0.2, -0.15) is 0 Å². The first kappa shape index (κ1) is 13.1. The largest absolute Gasteiger partial charge is 0.330 e. The highest BCUT2D eigenvalue weighted by Crippen LogP contribution is 2.45. The van der Waals surface area contributed by atoms with Gasteiger partial charge < -0.3 is 5.73 Å². The Morgan fingerprint density at radius 1 is 1.18 bits per heavy atom. The van der Waals surface area contributed by atoms with Crippen molar-refractivity contribution in [2.45, 2.75) is 44.9 Å². The van der Waals surface area contributed by atoms with E-state index in [4.69, 9.17) is 5.73 Å². The van der Waals surface area contributed by atoms with E-state index < -0.39 is 0 Å². The van der Waals surface area contributed by atoms with Crippen LogP contribution in [0.15, 0.2) is 24.3 Å². The average molecular weight is 249 g/mol. The second kappa shape index (κ2) is 4.71. The molecule has 0 amide bonds. The minimum absolute atomic E-state index is 0.348. The molecule has 0 aliphatic heterocycles. The molecule has 17 heavy (non-hydrogen) atoms. The zero-order chi connectivity index (χ0) is 12.5. The van der Waals surface area contributed by atoms with Crippen molar-refractivity contribution in [1.82, 2.24) is 0 Å². The maximum Gasteiger partial charge on any atom is -0.00232 e. The van der Waals surface area contributed by atoms with Gasteiger partial charge in [-0.05, 0) is 53.9 Å². The molecule has 1 fully saturated rings. The summed E-state index contributed by atoms with van der Waals surface area (Å²) >= 11 is 0. The van der Waals surface area contributed by atoms with Gasteiger partial charge in [0.05, 0.1) is 0 Å². The highest BCUT2D eigenvalue weighted by Gasteiger charge is 2.37. The minimum atomic E-state index is 0.348. The van der Waals surface area contributed by atoms with E-state index in [1.54, 1.807) is 0 Å². The Balaban J connectivity index is 2.17. The molecule has 1 nitrogen and oxygen atoms in total. The molecular formula is C15H24NP. The number of benzene rings is 1. The smallest absolute Gasteiger partial charge is 0.00232 e. The Morgan fingerprint density at radius 2 is 1.82 bits per heavy atom. The van der Waals surface area contributed by atoms with Crippen molar-refractivity contribution in [3.8, 4) is 0 Å². The third kappa shape index (κ3) is 2.72. The summed E-state index contributed by atoms with van der Waals surface area (Å²) in [5.74, 6) is 0. The van der Waals surface area contributed by atoms with Gasteiger partial charge in [-0.3, -0.25) is 0 Å². The van der Waals surface area contributed by atoms with Crippen LogP contribution in [0.25, 0.3) is 0 Å². The molecule has 0 heterocycles. The molecule has 0 saturated heterocycles. The van der Waals surface area contributed by atoms with Crippen LogP contribution in [0.4, 0.5) is 0 Å². The third-order valence-corrected chi connectivity index (χ3v) is 5.00. The lowest BCUT2D eigenvalue weighted by Gasteiger charge is -2.43. The van der Waals surface area contributed by atoms with Gasteiger partial charge in [0, 0.05) is 0 Å². The van der Waals surface area contributed by atoms with Crippen LogP contribution in [0.1, 0.15) is 45.1 Å². The predicted molar refractivity (Wildman–Crippen MR) is 78.8 cm³/mol. The summed E-state index contributed by atoms with van der Waals surface area (Å²) in [5, 5.41) is 1.29. The maximum atomic E-state index is 5.89. The second-order valence-electron chi connectivity index (χ2n) is 6.20. The van der Waals surface area contributed by atoms with E-state index in [0.29, 0.717) is 10.8 Å². The standard InChI is InChI=1S/C15H24NP/c1-14(11-16)6-8-15(2,9-7-14)12-4-3-5-13(17)10-12/h3-5,10H,6-9,11,16-17H2,1-2H3/t14-,15+. The van der Waals surface area contributed by atoms with Crippen molar-refractivity contribution in [2.75, 3.05) is 6.54 Å². The molecular weight excluding hydrogens is 225 g/mol. The Hall–Kier alpha value is -0.390. The Labute approximate surface area is 107 Å². The highest BCUT2D eigenvalue weighted by molar-refractivity contribution is 7.27. The number of hydrogen-bond donors (Lipinski definition) is 1. The molecule has 1 aromatic carbocycles. The SMILES string of the molecule is C[C@]1(CN)CC[C@@](C)(c2cccc(P)c2)CC1. The molecule has 0 bridgehead atoms. The Morgan fingerprint density at radius 3 is 2.35 bits per heavy atom. The fourth-order valence-corrected chi connectivity index (χ4v) is 3.10. The molecule has 2 rings (SSSR count). The first-order valence-corrected chi connectivity index (χ1v) is 7.11. The molecule has 0 spiro atoms. The lowest BCUT2D eigenvalue weighted by molar-refractivity contribution is 0.161. The van der Waals surface area contributed by atoms with Gasteiger partial charge in [0.25, 0.3) is 0 Å². The molecule has 2 N–H and O–H groups in total. The van der Waals surface area contributed by atoms with E-state index in [-0.39, 0.29) is 0 Å². The van der Waals surface area contributed by atoms with E-state index >= 15 is 0 Å². The average Bonchev–Trinajstić information content (AvgIpc) is 2.34. The van der Waals surface area contributed by atoms with Gasteiger partial charge in [0.15, 0.2) is 0 Å². The van der Waals surface area contributed by atoms with Gasteiger partial charge in [0.2, 0.25) is 0 Å². The molecule has 1 aromatic rings. The normalized spacial score (nSPS) is 33.6. The van der Waals surface area contributed by atoms with Gasteiger partial charge in [-0.1, -0.05) is 38.1 Å². The van der Waals surface area contributed by atoms with Crippen LogP contribution < -0.4 is 11.0 Å². The zero-order valence-corrected chi connectivity index (χ0v) is 12.2. The minimum Gasteiger partial charge on any atom is -0.330 e. The molecule has 94 valence electrons. The van der Waals surface area contributed by atoms with Crippen molar-refractivity contribution in [1.29, 1.82) is 0 Å². The second-order valence-corrected chi connectivity index (χ2v) is 6.87. The van der Waals surface area contributed by atoms with Crippen LogP contribution in [0, 0.1) is 5.41 Å². The molecule has 1 aliphatic rings. The fraction of sp³-hybridized carbons (Fsp3) is 0.600. The van der Waals surface area contributed by atoms with Crippen molar-refractivity contribution in [3.63, 3.8) is 0 Å². The van der Waals surface area contributed by atoms with E-state index in [1.165, 1.54) is 36.6 Å². The highest BCUT2D eigenvalue weighted by atomic mass is 31.0. The van der Waals surface area contributed by atoms with Crippen molar-refractivity contribution in [2.24, 2.45) is 11.1 Å².